The molecular weight excluding hydrogens is 376 g/mol. The summed E-state index contributed by atoms with van der Waals surface area (Å²) in [5.74, 6) is -0.787. The van der Waals surface area contributed by atoms with E-state index in [1.54, 1.807) is 24.3 Å². The number of hydrogen-bond donors (Lipinski definition) is 1. The second-order valence-corrected chi connectivity index (χ2v) is 7.05. The van der Waals surface area contributed by atoms with Gasteiger partial charge in [-0.3, -0.25) is 19.7 Å². The first-order valence-electron chi connectivity index (χ1n) is 8.43. The predicted molar refractivity (Wildman–Crippen MR) is 108 cm³/mol. The lowest BCUT2D eigenvalue weighted by Gasteiger charge is -2.02. The van der Waals surface area contributed by atoms with Gasteiger partial charge in [-0.25, -0.2) is 4.98 Å². The molecule has 6 nitrogen and oxygen atoms in total. The van der Waals surface area contributed by atoms with Gasteiger partial charge in [0.05, 0.1) is 16.0 Å². The molecule has 0 fully saturated rings. The van der Waals surface area contributed by atoms with Gasteiger partial charge in [-0.1, -0.05) is 53.8 Å². The number of thiazole rings is 1. The van der Waals surface area contributed by atoms with Gasteiger partial charge in [0.15, 0.2) is 10.9 Å². The first-order valence-corrected chi connectivity index (χ1v) is 9.25. The van der Waals surface area contributed by atoms with E-state index in [0.717, 1.165) is 23.2 Å². The average Bonchev–Trinajstić information content (AvgIpc) is 3.13. The zero-order valence-corrected chi connectivity index (χ0v) is 15.6. The number of Topliss-reactive ketones (excluding diaryl/α,β-unsaturated/α-hetero) is 1. The second-order valence-electron chi connectivity index (χ2n) is 6.05. The first-order chi connectivity index (χ1) is 13.5. The van der Waals surface area contributed by atoms with E-state index in [-0.39, 0.29) is 16.5 Å². The summed E-state index contributed by atoms with van der Waals surface area (Å²) in [6, 6.07) is 15.9. The number of fused-ring (bicyclic) bond motifs is 1. The zero-order chi connectivity index (χ0) is 19.7. The summed E-state index contributed by atoms with van der Waals surface area (Å²) in [4.78, 5) is 42.0. The minimum absolute atomic E-state index is 0.125. The van der Waals surface area contributed by atoms with Gasteiger partial charge in [0.1, 0.15) is 17.4 Å². The molecule has 7 heteroatoms. The van der Waals surface area contributed by atoms with Gasteiger partial charge >= 0.3 is 0 Å². The summed E-state index contributed by atoms with van der Waals surface area (Å²) in [5.41, 5.74) is 1.13. The molecule has 0 saturated heterocycles. The van der Waals surface area contributed by atoms with Crippen molar-refractivity contribution in [3.05, 3.63) is 81.5 Å². The van der Waals surface area contributed by atoms with Crippen molar-refractivity contribution in [2.75, 3.05) is 5.32 Å². The second kappa shape index (κ2) is 7.21. The number of hydrogen-bond acceptors (Lipinski definition) is 6. The van der Waals surface area contributed by atoms with Crippen molar-refractivity contribution in [2.24, 2.45) is 0 Å². The van der Waals surface area contributed by atoms with Crippen LogP contribution < -0.4 is 10.7 Å². The molecule has 0 spiro atoms. The van der Waals surface area contributed by atoms with Gasteiger partial charge < -0.3 is 4.42 Å². The molecule has 0 saturated carbocycles. The maximum atomic E-state index is 12.6. The van der Waals surface area contributed by atoms with Crippen molar-refractivity contribution in [3.63, 3.8) is 0 Å². The topological polar surface area (TPSA) is 89.3 Å². The number of aromatic nitrogens is 1. The molecular formula is C21H14N2O4S. The van der Waals surface area contributed by atoms with E-state index >= 15 is 0 Å². The summed E-state index contributed by atoms with van der Waals surface area (Å²) >= 11 is 1.07. The number of para-hydroxylation sites is 1. The molecule has 0 aliphatic carbocycles. The van der Waals surface area contributed by atoms with Gasteiger partial charge in [-0.15, -0.1) is 0 Å². The molecule has 2 heterocycles. The van der Waals surface area contributed by atoms with Crippen LogP contribution in [0, 0.1) is 0 Å². The zero-order valence-electron chi connectivity index (χ0n) is 14.8. The van der Waals surface area contributed by atoms with Crippen LogP contribution in [-0.2, 0) is 0 Å². The maximum Gasteiger partial charge on any atom is 0.264 e. The fraction of sp³-hybridized carbons (Fsp3) is 0.0476. The number of rotatable bonds is 4. The summed E-state index contributed by atoms with van der Waals surface area (Å²) in [5, 5.41) is 3.17. The number of carbonyl (C=O) groups excluding carboxylic acids is 2. The highest BCUT2D eigenvalue weighted by Crippen LogP contribution is 2.31. The Labute approximate surface area is 163 Å². The van der Waals surface area contributed by atoms with Crippen molar-refractivity contribution in [1.29, 1.82) is 0 Å². The molecule has 2 aromatic heterocycles. The van der Waals surface area contributed by atoms with Crippen molar-refractivity contribution < 1.29 is 14.0 Å². The van der Waals surface area contributed by atoms with E-state index in [4.69, 9.17) is 4.42 Å². The van der Waals surface area contributed by atoms with Crippen LogP contribution in [0.25, 0.3) is 22.2 Å². The van der Waals surface area contributed by atoms with Crippen molar-refractivity contribution in [1.82, 2.24) is 4.98 Å². The van der Waals surface area contributed by atoms with E-state index in [0.29, 0.717) is 21.5 Å². The smallest absolute Gasteiger partial charge is 0.264 e. The fourth-order valence-electron chi connectivity index (χ4n) is 2.80. The van der Waals surface area contributed by atoms with Gasteiger partial charge in [-0.05, 0) is 12.1 Å². The van der Waals surface area contributed by atoms with Gasteiger partial charge in [0, 0.05) is 12.5 Å². The number of anilines is 1. The molecule has 28 heavy (non-hydrogen) atoms. The SMILES string of the molecule is CC(=O)c1sc(NC(=O)c2coc3ccccc3c2=O)nc1-c1ccccc1. The fourth-order valence-corrected chi connectivity index (χ4v) is 3.68. The Morgan fingerprint density at radius 2 is 1.75 bits per heavy atom. The third-order valence-electron chi connectivity index (χ3n) is 4.14. The number of nitrogens with one attached hydrogen (secondary N) is 1. The number of ketones is 1. The molecule has 0 bridgehead atoms. The third kappa shape index (κ3) is 3.23. The lowest BCUT2D eigenvalue weighted by atomic mass is 10.1. The van der Waals surface area contributed by atoms with E-state index in [2.05, 4.69) is 10.3 Å². The first kappa shape index (κ1) is 17.8. The van der Waals surface area contributed by atoms with Crippen LogP contribution >= 0.6 is 11.3 Å². The van der Waals surface area contributed by atoms with E-state index in [1.165, 1.54) is 6.92 Å². The molecule has 0 aliphatic rings. The lowest BCUT2D eigenvalue weighted by molar-refractivity contribution is 0.101. The Morgan fingerprint density at radius 1 is 1.04 bits per heavy atom. The Bertz CT molecular complexity index is 1260. The normalized spacial score (nSPS) is 10.8. The molecule has 1 N–H and O–H groups in total. The standard InChI is InChI=1S/C21H14N2O4S/c1-12(24)19-17(13-7-3-2-4-8-13)22-21(28-19)23-20(26)15-11-27-16-10-6-5-9-14(16)18(15)25/h2-11H,1H3,(H,22,23,26). The Morgan fingerprint density at radius 3 is 2.50 bits per heavy atom. The van der Waals surface area contributed by atoms with E-state index in [1.807, 2.05) is 30.3 Å². The van der Waals surface area contributed by atoms with Crippen LogP contribution in [-0.4, -0.2) is 16.7 Å². The van der Waals surface area contributed by atoms with Crippen molar-refractivity contribution >= 4 is 39.1 Å². The molecule has 1 amide bonds. The van der Waals surface area contributed by atoms with Crippen LogP contribution in [0.5, 0.6) is 0 Å². The number of benzene rings is 2. The number of nitrogens with zero attached hydrogens (tertiary/aromatic N) is 1. The van der Waals surface area contributed by atoms with Gasteiger partial charge in [0.2, 0.25) is 5.43 Å². The average molecular weight is 390 g/mol. The summed E-state index contributed by atoms with van der Waals surface area (Å²) in [6.45, 7) is 1.45. The highest BCUT2D eigenvalue weighted by Gasteiger charge is 2.20. The van der Waals surface area contributed by atoms with Gasteiger partial charge in [-0.2, -0.15) is 0 Å². The van der Waals surface area contributed by atoms with Crippen LogP contribution in [0.15, 0.2) is 70.1 Å². The summed E-state index contributed by atoms with van der Waals surface area (Å²) in [7, 11) is 0. The molecule has 138 valence electrons. The quantitative estimate of drug-likeness (QED) is 0.523. The third-order valence-corrected chi connectivity index (χ3v) is 5.21. The lowest BCUT2D eigenvalue weighted by Crippen LogP contribution is -2.21. The molecule has 4 aromatic rings. The highest BCUT2D eigenvalue weighted by atomic mass is 32.1. The minimum Gasteiger partial charge on any atom is -0.463 e. The Kier molecular flexibility index (Phi) is 4.58. The Hall–Kier alpha value is -3.58. The number of carbonyl (C=O) groups is 2. The number of amides is 1. The predicted octanol–water partition coefficient (Wildman–Crippen LogP) is 4.37. The molecule has 0 radical (unpaired) electrons. The summed E-state index contributed by atoms with van der Waals surface area (Å²) < 4.78 is 5.39. The highest BCUT2D eigenvalue weighted by molar-refractivity contribution is 7.18. The van der Waals surface area contributed by atoms with Crippen molar-refractivity contribution in [3.8, 4) is 11.3 Å². The monoisotopic (exact) mass is 390 g/mol. The van der Waals surface area contributed by atoms with E-state index < -0.39 is 11.3 Å². The maximum absolute atomic E-state index is 12.6. The van der Waals surface area contributed by atoms with Crippen LogP contribution in [0.2, 0.25) is 0 Å². The molecule has 0 unspecified atom stereocenters. The molecule has 0 atom stereocenters. The molecule has 0 aliphatic heterocycles. The largest absolute Gasteiger partial charge is 0.463 e. The van der Waals surface area contributed by atoms with Crippen molar-refractivity contribution in [2.45, 2.75) is 6.92 Å². The summed E-state index contributed by atoms with van der Waals surface area (Å²) in [6.07, 6.45) is 1.14. The van der Waals surface area contributed by atoms with Gasteiger partial charge in [0.25, 0.3) is 5.91 Å². The van der Waals surface area contributed by atoms with Crippen LogP contribution in [0.3, 0.4) is 0 Å². The Balaban J connectivity index is 1.70. The van der Waals surface area contributed by atoms with Crippen LogP contribution in [0.4, 0.5) is 5.13 Å². The van der Waals surface area contributed by atoms with Crippen LogP contribution in [0.1, 0.15) is 27.0 Å². The molecule has 4 rings (SSSR count). The minimum atomic E-state index is -0.636. The van der Waals surface area contributed by atoms with E-state index in [9.17, 15) is 14.4 Å². The molecule has 2 aromatic carbocycles.